The predicted molar refractivity (Wildman–Crippen MR) is 148 cm³/mol. The molecule has 3 aliphatic rings. The van der Waals surface area contributed by atoms with E-state index in [1.54, 1.807) is 24.3 Å². The van der Waals surface area contributed by atoms with Crippen molar-refractivity contribution in [2.75, 3.05) is 19.7 Å². The normalized spacial score (nSPS) is 22.9. The molecule has 3 heterocycles. The quantitative estimate of drug-likeness (QED) is 0.444. The van der Waals surface area contributed by atoms with Crippen molar-refractivity contribution >= 4 is 17.7 Å². The Bertz CT molecular complexity index is 1480. The molecule has 0 saturated carbocycles. The molecule has 212 valence electrons. The van der Waals surface area contributed by atoms with E-state index in [9.17, 15) is 18.8 Å². The van der Waals surface area contributed by atoms with Gasteiger partial charge in [-0.1, -0.05) is 42.5 Å². The molecule has 3 aromatic rings. The fraction of sp³-hybridized carbons (Fsp3) is 0.344. The molecule has 0 bridgehead atoms. The van der Waals surface area contributed by atoms with Crippen LogP contribution in [0.5, 0.6) is 5.75 Å². The minimum atomic E-state index is -0.659. The summed E-state index contributed by atoms with van der Waals surface area (Å²) in [6, 6.07) is 19.5. The molecule has 0 spiro atoms. The highest BCUT2D eigenvalue weighted by atomic mass is 19.1. The average Bonchev–Trinajstić information content (AvgIpc) is 3.29. The Labute approximate surface area is 238 Å². The number of nitrogens with zero attached hydrogens (tertiary/aromatic N) is 2. The van der Waals surface area contributed by atoms with Crippen molar-refractivity contribution in [3.05, 3.63) is 100 Å². The summed E-state index contributed by atoms with van der Waals surface area (Å²) in [7, 11) is 0. The molecule has 0 aromatic heterocycles. The number of piperidine rings is 1. The van der Waals surface area contributed by atoms with Gasteiger partial charge in [-0.25, -0.2) is 4.39 Å². The smallest absolute Gasteiger partial charge is 0.255 e. The Morgan fingerprint density at radius 3 is 2.54 bits per heavy atom. The summed E-state index contributed by atoms with van der Waals surface area (Å²) >= 11 is 0. The molecule has 41 heavy (non-hydrogen) atoms. The summed E-state index contributed by atoms with van der Waals surface area (Å²) in [5.74, 6) is -0.597. The van der Waals surface area contributed by atoms with Gasteiger partial charge in [-0.3, -0.25) is 24.6 Å². The third kappa shape index (κ3) is 5.60. The lowest BCUT2D eigenvalue weighted by atomic mass is 9.93. The second-order valence-corrected chi connectivity index (χ2v) is 11.1. The van der Waals surface area contributed by atoms with Gasteiger partial charge < -0.3 is 14.4 Å². The van der Waals surface area contributed by atoms with Gasteiger partial charge in [0.1, 0.15) is 29.8 Å². The van der Waals surface area contributed by atoms with Crippen LogP contribution in [0.15, 0.2) is 66.7 Å². The van der Waals surface area contributed by atoms with E-state index in [1.807, 2.05) is 25.1 Å². The van der Waals surface area contributed by atoms with Gasteiger partial charge >= 0.3 is 0 Å². The van der Waals surface area contributed by atoms with Gasteiger partial charge in [0.15, 0.2) is 0 Å². The molecule has 3 aromatic carbocycles. The van der Waals surface area contributed by atoms with Crippen LogP contribution in [0, 0.1) is 5.82 Å². The average molecular weight is 558 g/mol. The zero-order chi connectivity index (χ0) is 28.6. The van der Waals surface area contributed by atoms with E-state index in [0.717, 1.165) is 29.8 Å². The van der Waals surface area contributed by atoms with E-state index >= 15 is 0 Å². The standard InChI is InChI=1S/C32H32FN3O5/c1-32(23-9-11-24(33)12-10-23)20-35(15-16-41-32)17-21-5-7-22(8-6-21)19-40-28-4-2-3-25-26(28)18-36(31(25)39)27-13-14-29(37)34-30(27)38/h2-12,27H,13-20H2,1H3,(H,34,37,38)/t27-,32?/m1/s1. The largest absolute Gasteiger partial charge is 0.489 e. The molecule has 3 aliphatic heterocycles. The van der Waals surface area contributed by atoms with Gasteiger partial charge in [0.2, 0.25) is 11.8 Å². The number of ether oxygens (including phenoxy) is 2. The van der Waals surface area contributed by atoms with Crippen molar-refractivity contribution in [2.24, 2.45) is 0 Å². The Morgan fingerprint density at radius 2 is 1.78 bits per heavy atom. The molecule has 2 atom stereocenters. The summed E-state index contributed by atoms with van der Waals surface area (Å²) in [4.78, 5) is 40.8. The minimum absolute atomic E-state index is 0.217. The van der Waals surface area contributed by atoms with Crippen LogP contribution in [-0.4, -0.2) is 53.3 Å². The van der Waals surface area contributed by atoms with E-state index < -0.39 is 17.6 Å². The van der Waals surface area contributed by atoms with Crippen molar-refractivity contribution in [3.8, 4) is 5.75 Å². The van der Waals surface area contributed by atoms with Crippen molar-refractivity contribution in [2.45, 2.75) is 51.1 Å². The molecule has 0 aliphatic carbocycles. The second-order valence-electron chi connectivity index (χ2n) is 11.1. The van der Waals surface area contributed by atoms with Crippen LogP contribution in [0.4, 0.5) is 4.39 Å². The number of nitrogens with one attached hydrogen (secondary N) is 1. The van der Waals surface area contributed by atoms with E-state index in [0.29, 0.717) is 37.5 Å². The van der Waals surface area contributed by atoms with Gasteiger partial charge in [-0.15, -0.1) is 0 Å². The maximum atomic E-state index is 13.4. The molecule has 6 rings (SSSR count). The van der Waals surface area contributed by atoms with Crippen molar-refractivity contribution in [3.63, 3.8) is 0 Å². The highest BCUT2D eigenvalue weighted by Gasteiger charge is 2.40. The Kier molecular flexibility index (Phi) is 7.32. The number of carbonyl (C=O) groups is 3. The Balaban J connectivity index is 1.07. The maximum Gasteiger partial charge on any atom is 0.255 e. The monoisotopic (exact) mass is 557 g/mol. The molecule has 1 N–H and O–H groups in total. The van der Waals surface area contributed by atoms with E-state index in [2.05, 4.69) is 22.3 Å². The predicted octanol–water partition coefficient (Wildman–Crippen LogP) is 3.91. The number of morpholine rings is 1. The molecule has 3 amide bonds. The molecule has 2 fully saturated rings. The van der Waals surface area contributed by atoms with E-state index in [-0.39, 0.29) is 30.6 Å². The second kappa shape index (κ2) is 11.1. The zero-order valence-corrected chi connectivity index (χ0v) is 22.9. The van der Waals surface area contributed by atoms with Crippen molar-refractivity contribution < 1.29 is 28.2 Å². The molecule has 9 heteroatoms. The van der Waals surface area contributed by atoms with E-state index in [1.165, 1.54) is 22.6 Å². The number of imide groups is 1. The van der Waals surface area contributed by atoms with Crippen molar-refractivity contribution in [1.29, 1.82) is 0 Å². The summed E-state index contributed by atoms with van der Waals surface area (Å²) in [6.07, 6.45) is 0.540. The molecular formula is C32H32FN3O5. The SMILES string of the molecule is CC1(c2ccc(F)cc2)CN(Cc2ccc(COc3cccc4c3CN([C@@H]3CCC(=O)NC3=O)C4=O)cc2)CCO1. The summed E-state index contributed by atoms with van der Waals surface area (Å²) in [5, 5.41) is 2.33. The third-order valence-electron chi connectivity index (χ3n) is 8.17. The minimum Gasteiger partial charge on any atom is -0.489 e. The first-order valence-electron chi connectivity index (χ1n) is 13.9. The van der Waals surface area contributed by atoms with Crippen LogP contribution in [0.3, 0.4) is 0 Å². The number of halogens is 1. The number of fused-ring (bicyclic) bond motifs is 1. The van der Waals surface area contributed by atoms with Crippen LogP contribution in [0.2, 0.25) is 0 Å². The highest BCUT2D eigenvalue weighted by Crippen LogP contribution is 2.34. The number of benzene rings is 3. The first-order chi connectivity index (χ1) is 19.8. The Hall–Kier alpha value is -4.08. The van der Waals surface area contributed by atoms with Crippen LogP contribution < -0.4 is 10.1 Å². The summed E-state index contributed by atoms with van der Waals surface area (Å²) in [5.41, 5.74) is 3.92. The topological polar surface area (TPSA) is 88.2 Å². The van der Waals surface area contributed by atoms with Crippen LogP contribution in [0.1, 0.15) is 52.4 Å². The number of amides is 3. The molecule has 0 radical (unpaired) electrons. The molecule has 2 saturated heterocycles. The first-order valence-corrected chi connectivity index (χ1v) is 13.9. The number of carbonyl (C=O) groups excluding carboxylic acids is 3. The lowest BCUT2D eigenvalue weighted by molar-refractivity contribution is -0.136. The number of hydrogen-bond acceptors (Lipinski definition) is 6. The van der Waals surface area contributed by atoms with Crippen LogP contribution in [-0.2, 0) is 39.6 Å². The highest BCUT2D eigenvalue weighted by molar-refractivity contribution is 6.05. The Morgan fingerprint density at radius 1 is 1.02 bits per heavy atom. The summed E-state index contributed by atoms with van der Waals surface area (Å²) < 4.78 is 25.7. The number of rotatable bonds is 7. The fourth-order valence-corrected chi connectivity index (χ4v) is 5.92. The van der Waals surface area contributed by atoms with Gasteiger partial charge in [-0.2, -0.15) is 0 Å². The molecule has 1 unspecified atom stereocenters. The van der Waals surface area contributed by atoms with Crippen LogP contribution in [0.25, 0.3) is 0 Å². The summed E-state index contributed by atoms with van der Waals surface area (Å²) in [6.45, 7) is 5.54. The van der Waals surface area contributed by atoms with Crippen LogP contribution >= 0.6 is 0 Å². The van der Waals surface area contributed by atoms with Gasteiger partial charge in [-0.05, 0) is 54.3 Å². The van der Waals surface area contributed by atoms with Gasteiger partial charge in [0.25, 0.3) is 5.91 Å². The van der Waals surface area contributed by atoms with E-state index in [4.69, 9.17) is 9.47 Å². The zero-order valence-electron chi connectivity index (χ0n) is 22.9. The van der Waals surface area contributed by atoms with Gasteiger partial charge in [0, 0.05) is 37.2 Å². The fourth-order valence-electron chi connectivity index (χ4n) is 5.92. The third-order valence-corrected chi connectivity index (χ3v) is 8.17. The van der Waals surface area contributed by atoms with Crippen molar-refractivity contribution in [1.82, 2.24) is 15.1 Å². The van der Waals surface area contributed by atoms with Gasteiger partial charge in [0.05, 0.1) is 13.2 Å². The lowest BCUT2D eigenvalue weighted by Crippen LogP contribution is -2.52. The first kappa shape index (κ1) is 27.1. The number of hydrogen-bond donors (Lipinski definition) is 1. The maximum absolute atomic E-state index is 13.4. The molecule has 8 nitrogen and oxygen atoms in total. The lowest BCUT2D eigenvalue weighted by Gasteiger charge is -2.41. The molecular weight excluding hydrogens is 525 g/mol.